The number of rotatable bonds is 4. The fourth-order valence-electron chi connectivity index (χ4n) is 2.78. The van der Waals surface area contributed by atoms with Crippen molar-refractivity contribution >= 4 is 6.20 Å². The number of aryl methyl sites for hydroxylation is 1. The van der Waals surface area contributed by atoms with E-state index in [0.717, 1.165) is 6.54 Å². The lowest BCUT2D eigenvalue weighted by molar-refractivity contribution is 0.459. The first kappa shape index (κ1) is 12.2. The second-order valence-corrected chi connectivity index (χ2v) is 5.04. The highest BCUT2D eigenvalue weighted by Gasteiger charge is 2.18. The summed E-state index contributed by atoms with van der Waals surface area (Å²) in [7, 11) is 0. The lowest BCUT2D eigenvalue weighted by Crippen LogP contribution is -2.24. The van der Waals surface area contributed by atoms with Gasteiger partial charge in [-0.2, -0.15) is 5.10 Å². The molecule has 0 fully saturated rings. The Balaban J connectivity index is 1.69. The molecule has 1 unspecified atom stereocenters. The molecule has 0 saturated heterocycles. The van der Waals surface area contributed by atoms with Gasteiger partial charge in [0.15, 0.2) is 0 Å². The van der Waals surface area contributed by atoms with E-state index in [1.165, 1.54) is 36.0 Å². The van der Waals surface area contributed by atoms with E-state index in [0.29, 0.717) is 6.04 Å². The number of benzene rings is 1. The van der Waals surface area contributed by atoms with Crippen LogP contribution in [-0.2, 0) is 13.0 Å². The average molecular weight is 253 g/mol. The first-order valence-corrected chi connectivity index (χ1v) is 6.83. The zero-order chi connectivity index (χ0) is 13.1. The van der Waals surface area contributed by atoms with Gasteiger partial charge in [-0.15, -0.1) is 0 Å². The SMILES string of the molecule is C=Cn1cc(CNC2CCCc3ccccc32)cn1. The summed E-state index contributed by atoms with van der Waals surface area (Å²) in [5.74, 6) is 0. The summed E-state index contributed by atoms with van der Waals surface area (Å²) in [5.41, 5.74) is 4.15. The van der Waals surface area contributed by atoms with Crippen LogP contribution in [0, 0.1) is 0 Å². The molecule has 0 aliphatic heterocycles. The zero-order valence-electron chi connectivity index (χ0n) is 11.0. The summed E-state index contributed by atoms with van der Waals surface area (Å²) in [4.78, 5) is 0. The number of nitrogens with zero attached hydrogens (tertiary/aromatic N) is 2. The third-order valence-electron chi connectivity index (χ3n) is 3.76. The summed E-state index contributed by atoms with van der Waals surface area (Å²) < 4.78 is 1.74. The van der Waals surface area contributed by atoms with Crippen LogP contribution >= 0.6 is 0 Å². The van der Waals surface area contributed by atoms with E-state index in [1.54, 1.807) is 10.9 Å². The molecule has 0 amide bonds. The maximum atomic E-state index is 4.20. The average Bonchev–Trinajstić information content (AvgIpc) is 2.93. The van der Waals surface area contributed by atoms with E-state index in [4.69, 9.17) is 0 Å². The van der Waals surface area contributed by atoms with Crippen molar-refractivity contribution in [1.29, 1.82) is 0 Å². The highest BCUT2D eigenvalue weighted by atomic mass is 15.2. The standard InChI is InChI=1S/C16H19N3/c1-2-19-12-13(11-18-19)10-17-16-9-5-7-14-6-3-4-8-15(14)16/h2-4,6,8,11-12,16-17H,1,5,7,9-10H2. The van der Waals surface area contributed by atoms with E-state index in [9.17, 15) is 0 Å². The van der Waals surface area contributed by atoms with Crippen molar-refractivity contribution in [3.63, 3.8) is 0 Å². The van der Waals surface area contributed by atoms with Gasteiger partial charge in [0.25, 0.3) is 0 Å². The van der Waals surface area contributed by atoms with E-state index < -0.39 is 0 Å². The first-order chi connectivity index (χ1) is 9.36. The van der Waals surface area contributed by atoms with Crippen molar-refractivity contribution in [2.24, 2.45) is 0 Å². The molecule has 1 N–H and O–H groups in total. The van der Waals surface area contributed by atoms with Gasteiger partial charge in [-0.3, -0.25) is 0 Å². The molecule has 1 atom stereocenters. The molecule has 1 aromatic heterocycles. The molecule has 2 aromatic rings. The minimum Gasteiger partial charge on any atom is -0.306 e. The molecule has 0 radical (unpaired) electrons. The number of hydrogen-bond donors (Lipinski definition) is 1. The second kappa shape index (κ2) is 5.41. The van der Waals surface area contributed by atoms with Crippen molar-refractivity contribution in [1.82, 2.24) is 15.1 Å². The molecule has 3 nitrogen and oxygen atoms in total. The topological polar surface area (TPSA) is 29.9 Å². The molecular weight excluding hydrogens is 234 g/mol. The maximum absolute atomic E-state index is 4.20. The van der Waals surface area contributed by atoms with Crippen LogP contribution in [0.3, 0.4) is 0 Å². The minimum absolute atomic E-state index is 0.469. The lowest BCUT2D eigenvalue weighted by atomic mass is 9.88. The third-order valence-corrected chi connectivity index (χ3v) is 3.76. The molecule has 19 heavy (non-hydrogen) atoms. The summed E-state index contributed by atoms with van der Waals surface area (Å²) in [6, 6.07) is 9.24. The number of hydrogen-bond acceptors (Lipinski definition) is 2. The number of fused-ring (bicyclic) bond motifs is 1. The fraction of sp³-hybridized carbons (Fsp3) is 0.312. The van der Waals surface area contributed by atoms with Crippen molar-refractivity contribution in [3.8, 4) is 0 Å². The molecule has 98 valence electrons. The van der Waals surface area contributed by atoms with Crippen molar-refractivity contribution < 1.29 is 0 Å². The van der Waals surface area contributed by atoms with E-state index >= 15 is 0 Å². The minimum atomic E-state index is 0.469. The normalized spacial score (nSPS) is 18.0. The van der Waals surface area contributed by atoms with Crippen LogP contribution in [0.1, 0.15) is 35.6 Å². The Kier molecular flexibility index (Phi) is 3.47. The van der Waals surface area contributed by atoms with Gasteiger partial charge in [-0.05, 0) is 30.4 Å². The monoisotopic (exact) mass is 253 g/mol. The third kappa shape index (κ3) is 2.61. The van der Waals surface area contributed by atoms with Crippen LogP contribution < -0.4 is 5.32 Å². The van der Waals surface area contributed by atoms with Crippen molar-refractivity contribution in [2.45, 2.75) is 31.8 Å². The maximum Gasteiger partial charge on any atom is 0.0538 e. The molecule has 0 spiro atoms. The Morgan fingerprint density at radius 2 is 2.32 bits per heavy atom. The van der Waals surface area contributed by atoms with Crippen LogP contribution in [-0.4, -0.2) is 9.78 Å². The van der Waals surface area contributed by atoms with E-state index in [-0.39, 0.29) is 0 Å². The molecule has 1 aliphatic carbocycles. The zero-order valence-corrected chi connectivity index (χ0v) is 11.0. The smallest absolute Gasteiger partial charge is 0.0538 e. The first-order valence-electron chi connectivity index (χ1n) is 6.83. The van der Waals surface area contributed by atoms with Gasteiger partial charge in [0.1, 0.15) is 0 Å². The van der Waals surface area contributed by atoms with Gasteiger partial charge >= 0.3 is 0 Å². The van der Waals surface area contributed by atoms with Gasteiger partial charge in [-0.25, -0.2) is 4.68 Å². The quantitative estimate of drug-likeness (QED) is 0.907. The lowest BCUT2D eigenvalue weighted by Gasteiger charge is -2.26. The van der Waals surface area contributed by atoms with Crippen LogP contribution in [0.15, 0.2) is 43.2 Å². The number of nitrogens with one attached hydrogen (secondary N) is 1. The molecule has 3 rings (SSSR count). The van der Waals surface area contributed by atoms with Crippen LogP contribution in [0.5, 0.6) is 0 Å². The second-order valence-electron chi connectivity index (χ2n) is 5.04. The summed E-state index contributed by atoms with van der Waals surface area (Å²) in [6.07, 6.45) is 9.30. The Morgan fingerprint density at radius 1 is 1.42 bits per heavy atom. The molecule has 1 aliphatic rings. The summed E-state index contributed by atoms with van der Waals surface area (Å²) >= 11 is 0. The molecular formula is C16H19N3. The fourth-order valence-corrected chi connectivity index (χ4v) is 2.78. The molecule has 0 saturated carbocycles. The van der Waals surface area contributed by atoms with Crippen LogP contribution in [0.25, 0.3) is 6.20 Å². The molecule has 1 heterocycles. The Bertz CT molecular complexity index is 571. The van der Waals surface area contributed by atoms with Crippen LogP contribution in [0.2, 0.25) is 0 Å². The van der Waals surface area contributed by atoms with Crippen molar-refractivity contribution in [2.75, 3.05) is 0 Å². The number of aromatic nitrogens is 2. The van der Waals surface area contributed by atoms with Crippen molar-refractivity contribution in [3.05, 3.63) is 59.9 Å². The molecule has 0 bridgehead atoms. The molecule has 3 heteroatoms. The van der Waals surface area contributed by atoms with Gasteiger partial charge in [0.2, 0.25) is 0 Å². The van der Waals surface area contributed by atoms with Gasteiger partial charge in [0, 0.05) is 30.5 Å². The van der Waals surface area contributed by atoms with Gasteiger partial charge in [0.05, 0.1) is 6.20 Å². The Morgan fingerprint density at radius 3 is 3.16 bits per heavy atom. The highest BCUT2D eigenvalue weighted by molar-refractivity contribution is 5.32. The van der Waals surface area contributed by atoms with Gasteiger partial charge in [-0.1, -0.05) is 30.8 Å². The largest absolute Gasteiger partial charge is 0.306 e. The van der Waals surface area contributed by atoms with Crippen LogP contribution in [0.4, 0.5) is 0 Å². The predicted molar refractivity (Wildman–Crippen MR) is 77.6 cm³/mol. The Labute approximate surface area is 114 Å². The van der Waals surface area contributed by atoms with Gasteiger partial charge < -0.3 is 5.32 Å². The van der Waals surface area contributed by atoms with E-state index in [1.807, 2.05) is 12.4 Å². The molecule has 1 aromatic carbocycles. The highest BCUT2D eigenvalue weighted by Crippen LogP contribution is 2.29. The summed E-state index contributed by atoms with van der Waals surface area (Å²) in [6.45, 7) is 4.56. The predicted octanol–water partition coefficient (Wildman–Crippen LogP) is 3.15. The van der Waals surface area contributed by atoms with E-state index in [2.05, 4.69) is 41.3 Å². The summed E-state index contributed by atoms with van der Waals surface area (Å²) in [5, 5.41) is 7.85. The Hall–Kier alpha value is -1.87.